The molecule has 5 rings (SSSR count). The number of carbonyl (C=O) groups excluding carboxylic acids is 3. The molecule has 0 bridgehead atoms. The molecule has 0 radical (unpaired) electrons. The summed E-state index contributed by atoms with van der Waals surface area (Å²) < 4.78 is 0. The summed E-state index contributed by atoms with van der Waals surface area (Å²) in [5.41, 5.74) is 0.921. The molecule has 2 aliphatic rings. The minimum Gasteiger partial charge on any atom is -0.507 e. The maximum Gasteiger partial charge on any atom is 0.269 e. The molecule has 0 fully saturated rings. The molecule has 1 N–H and O–H groups in total. The molecule has 1 atom stereocenters. The number of hydrogen-bond acceptors (Lipinski definition) is 6. The fraction of sp³-hybridized carbons (Fsp3) is 0.0800. The van der Waals surface area contributed by atoms with E-state index in [2.05, 4.69) is 0 Å². The third-order valence-electron chi connectivity index (χ3n) is 6.03. The van der Waals surface area contributed by atoms with Crippen LogP contribution in [-0.2, 0) is 0 Å². The molecule has 156 valence electrons. The molecule has 32 heavy (non-hydrogen) atoms. The van der Waals surface area contributed by atoms with Gasteiger partial charge in [-0.3, -0.25) is 24.5 Å². The molecule has 3 aromatic rings. The summed E-state index contributed by atoms with van der Waals surface area (Å²) in [6.45, 7) is 0. The van der Waals surface area contributed by atoms with Crippen molar-refractivity contribution in [2.45, 2.75) is 5.92 Å². The van der Waals surface area contributed by atoms with E-state index in [0.29, 0.717) is 5.56 Å². The topological polar surface area (TPSA) is 115 Å². The number of nitrogens with zero attached hydrogens (tertiary/aromatic N) is 1. The van der Waals surface area contributed by atoms with E-state index in [1.54, 1.807) is 48.5 Å². The number of allylic oxidation sites excluding steroid dienone is 1. The highest BCUT2D eigenvalue weighted by Gasteiger charge is 2.49. The number of rotatable bonds is 4. The second kappa shape index (κ2) is 7.09. The molecule has 0 aliphatic heterocycles. The fourth-order valence-corrected chi connectivity index (χ4v) is 4.60. The lowest BCUT2D eigenvalue weighted by Gasteiger charge is -2.23. The van der Waals surface area contributed by atoms with Gasteiger partial charge in [-0.1, -0.05) is 60.7 Å². The molecule has 3 aromatic carbocycles. The van der Waals surface area contributed by atoms with E-state index in [0.717, 1.165) is 0 Å². The number of ketones is 3. The first kappa shape index (κ1) is 19.6. The monoisotopic (exact) mass is 425 g/mol. The number of carbonyl (C=O) groups is 3. The number of nitro groups is 1. The maximum atomic E-state index is 13.3. The Hall–Kier alpha value is -4.39. The molecule has 0 saturated heterocycles. The van der Waals surface area contributed by atoms with Crippen molar-refractivity contribution in [3.63, 3.8) is 0 Å². The Labute approximate surface area is 181 Å². The Morgan fingerprint density at radius 1 is 0.781 bits per heavy atom. The molecular formula is C25H15NO6. The standard InChI is InChI=1S/C25H15NO6/c27-22-15-8-1-2-9-16(15)23(28)20(22)19(13-6-5-7-14(12-13)26(31)32)21-24(29)17-10-3-4-11-18(17)25(21)30/h1-12,19-20,29H. The molecule has 0 spiro atoms. The normalized spacial score (nSPS) is 16.3. The second-order valence-electron chi connectivity index (χ2n) is 7.72. The van der Waals surface area contributed by atoms with Crippen molar-refractivity contribution < 1.29 is 24.4 Å². The van der Waals surface area contributed by atoms with Gasteiger partial charge in [0, 0.05) is 40.3 Å². The highest BCUT2D eigenvalue weighted by Crippen LogP contribution is 2.47. The van der Waals surface area contributed by atoms with E-state index in [1.807, 2.05) is 0 Å². The number of fused-ring (bicyclic) bond motifs is 2. The van der Waals surface area contributed by atoms with Crippen LogP contribution in [0.4, 0.5) is 5.69 Å². The lowest BCUT2D eigenvalue weighted by atomic mass is 9.76. The van der Waals surface area contributed by atoms with Gasteiger partial charge in [0.25, 0.3) is 5.69 Å². The van der Waals surface area contributed by atoms with Crippen LogP contribution in [0.5, 0.6) is 0 Å². The zero-order valence-electron chi connectivity index (χ0n) is 16.5. The lowest BCUT2D eigenvalue weighted by molar-refractivity contribution is -0.384. The number of benzene rings is 3. The Bertz CT molecular complexity index is 1350. The van der Waals surface area contributed by atoms with Gasteiger partial charge < -0.3 is 5.11 Å². The average molecular weight is 425 g/mol. The van der Waals surface area contributed by atoms with Crippen molar-refractivity contribution in [1.29, 1.82) is 0 Å². The summed E-state index contributed by atoms with van der Waals surface area (Å²) in [4.78, 5) is 50.7. The molecular weight excluding hydrogens is 410 g/mol. The van der Waals surface area contributed by atoms with Crippen molar-refractivity contribution in [3.05, 3.63) is 116 Å². The predicted molar refractivity (Wildman–Crippen MR) is 115 cm³/mol. The van der Waals surface area contributed by atoms with Crippen molar-refractivity contribution in [2.75, 3.05) is 0 Å². The van der Waals surface area contributed by atoms with Gasteiger partial charge in [0.2, 0.25) is 0 Å². The van der Waals surface area contributed by atoms with Gasteiger partial charge in [-0.2, -0.15) is 0 Å². The number of aliphatic hydroxyl groups excluding tert-OH is 1. The Kier molecular flexibility index (Phi) is 4.34. The molecule has 0 heterocycles. The van der Waals surface area contributed by atoms with Gasteiger partial charge in [-0.05, 0) is 5.56 Å². The van der Waals surface area contributed by atoms with Gasteiger partial charge in [0.05, 0.1) is 16.4 Å². The van der Waals surface area contributed by atoms with Gasteiger partial charge in [0.15, 0.2) is 17.3 Å². The Morgan fingerprint density at radius 2 is 1.34 bits per heavy atom. The molecule has 1 unspecified atom stereocenters. The minimum atomic E-state index is -1.31. The van der Waals surface area contributed by atoms with E-state index in [-0.39, 0.29) is 39.3 Å². The van der Waals surface area contributed by atoms with Crippen LogP contribution in [0.1, 0.15) is 48.1 Å². The van der Waals surface area contributed by atoms with Crippen molar-refractivity contribution in [3.8, 4) is 0 Å². The van der Waals surface area contributed by atoms with Crippen LogP contribution in [-0.4, -0.2) is 27.4 Å². The minimum absolute atomic E-state index is 0.105. The number of hydrogen-bond donors (Lipinski definition) is 1. The summed E-state index contributed by atoms with van der Waals surface area (Å²) in [6.07, 6.45) is 0. The van der Waals surface area contributed by atoms with Crippen LogP contribution in [0.3, 0.4) is 0 Å². The van der Waals surface area contributed by atoms with Gasteiger partial charge in [-0.15, -0.1) is 0 Å². The summed E-state index contributed by atoms with van der Waals surface area (Å²) >= 11 is 0. The van der Waals surface area contributed by atoms with Crippen molar-refractivity contribution >= 4 is 28.8 Å². The zero-order chi connectivity index (χ0) is 22.6. The third kappa shape index (κ3) is 2.71. The van der Waals surface area contributed by atoms with Crippen LogP contribution in [0.25, 0.3) is 5.76 Å². The molecule has 0 saturated carbocycles. The smallest absolute Gasteiger partial charge is 0.269 e. The molecule has 7 nitrogen and oxygen atoms in total. The molecule has 0 amide bonds. The maximum absolute atomic E-state index is 13.3. The van der Waals surface area contributed by atoms with E-state index in [9.17, 15) is 29.6 Å². The van der Waals surface area contributed by atoms with Crippen LogP contribution < -0.4 is 0 Å². The first-order valence-electron chi connectivity index (χ1n) is 9.89. The van der Waals surface area contributed by atoms with E-state index in [1.165, 1.54) is 24.3 Å². The SMILES string of the molecule is O=C1C(C(c2cccc([N+](=O)[O-])c2)C2C(=O)c3ccccc3C2=O)=C(O)c2ccccc21. The van der Waals surface area contributed by atoms with E-state index in [4.69, 9.17) is 0 Å². The number of aliphatic hydroxyl groups is 1. The zero-order valence-corrected chi connectivity index (χ0v) is 16.5. The van der Waals surface area contributed by atoms with Crippen molar-refractivity contribution in [2.24, 2.45) is 5.92 Å². The fourth-order valence-electron chi connectivity index (χ4n) is 4.60. The van der Waals surface area contributed by atoms with Crippen LogP contribution in [0, 0.1) is 16.0 Å². The molecule has 0 aromatic heterocycles. The Morgan fingerprint density at radius 3 is 1.91 bits per heavy atom. The van der Waals surface area contributed by atoms with Crippen LogP contribution >= 0.6 is 0 Å². The number of Topliss-reactive ketones (excluding diaryl/α,β-unsaturated/α-hetero) is 3. The Balaban J connectivity index is 1.74. The average Bonchev–Trinajstić information content (AvgIpc) is 3.21. The quantitative estimate of drug-likeness (QED) is 0.373. The number of non-ortho nitro benzene ring substituents is 1. The summed E-state index contributed by atoms with van der Waals surface area (Å²) in [7, 11) is 0. The van der Waals surface area contributed by atoms with Crippen LogP contribution in [0.2, 0.25) is 0 Å². The predicted octanol–water partition coefficient (Wildman–Crippen LogP) is 4.54. The van der Waals surface area contributed by atoms with Gasteiger partial charge >= 0.3 is 0 Å². The molecule has 2 aliphatic carbocycles. The summed E-state index contributed by atoms with van der Waals surface area (Å²) in [5, 5.41) is 22.3. The lowest BCUT2D eigenvalue weighted by Crippen LogP contribution is -2.27. The summed E-state index contributed by atoms with van der Waals surface area (Å²) in [5.74, 6) is -4.28. The van der Waals surface area contributed by atoms with E-state index >= 15 is 0 Å². The highest BCUT2D eigenvalue weighted by molar-refractivity contribution is 6.29. The highest BCUT2D eigenvalue weighted by atomic mass is 16.6. The van der Waals surface area contributed by atoms with Crippen molar-refractivity contribution in [1.82, 2.24) is 0 Å². The van der Waals surface area contributed by atoms with E-state index < -0.39 is 34.1 Å². The van der Waals surface area contributed by atoms with Gasteiger partial charge in [0.1, 0.15) is 5.76 Å². The van der Waals surface area contributed by atoms with Crippen LogP contribution in [0.15, 0.2) is 78.4 Å². The van der Waals surface area contributed by atoms with Gasteiger partial charge in [-0.25, -0.2) is 0 Å². The first-order valence-corrected chi connectivity index (χ1v) is 9.89. The molecule has 7 heteroatoms. The number of nitro benzene ring substituents is 1. The second-order valence-corrected chi connectivity index (χ2v) is 7.72. The third-order valence-corrected chi connectivity index (χ3v) is 6.03. The first-order chi connectivity index (χ1) is 15.4. The largest absolute Gasteiger partial charge is 0.507 e. The summed E-state index contributed by atoms with van der Waals surface area (Å²) in [6, 6.07) is 18.3.